The van der Waals surface area contributed by atoms with Gasteiger partial charge in [-0.2, -0.15) is 0 Å². The SMILES string of the molecule is CC1(C)C(=O)N(c2ccc(C3(CO)CC3)cc2)C(=O)N1Cc1ccnc(N)c1. The first kappa shape index (κ1) is 18.4. The van der Waals surface area contributed by atoms with E-state index in [1.165, 1.54) is 4.90 Å². The molecule has 1 saturated carbocycles. The fraction of sp³-hybridized carbons (Fsp3) is 0.381. The van der Waals surface area contributed by atoms with Crippen molar-refractivity contribution in [3.63, 3.8) is 0 Å². The molecule has 2 heterocycles. The zero-order chi connectivity index (χ0) is 20.1. The number of nitrogens with two attached hydrogens (primary N) is 1. The van der Waals surface area contributed by atoms with Gasteiger partial charge in [0.1, 0.15) is 11.4 Å². The van der Waals surface area contributed by atoms with E-state index in [-0.39, 0.29) is 30.5 Å². The molecule has 1 aliphatic carbocycles. The Hall–Kier alpha value is -2.93. The van der Waals surface area contributed by atoms with E-state index in [0.717, 1.165) is 24.0 Å². The van der Waals surface area contributed by atoms with Crippen molar-refractivity contribution in [2.75, 3.05) is 17.2 Å². The standard InChI is InChI=1S/C21H24N4O3/c1-20(2)18(27)25(16-5-3-15(4-6-16)21(13-26)8-9-21)19(28)24(20)12-14-7-10-23-17(22)11-14/h3-7,10-11,26H,8-9,12-13H2,1-2H3,(H2,22,23). The third-order valence-corrected chi connectivity index (χ3v) is 5.90. The maximum Gasteiger partial charge on any atom is 0.332 e. The lowest BCUT2D eigenvalue weighted by molar-refractivity contribution is -0.123. The van der Waals surface area contributed by atoms with E-state index in [1.54, 1.807) is 49.2 Å². The van der Waals surface area contributed by atoms with Crippen LogP contribution in [0.15, 0.2) is 42.6 Å². The highest BCUT2D eigenvalue weighted by molar-refractivity contribution is 6.22. The van der Waals surface area contributed by atoms with Crippen LogP contribution < -0.4 is 10.6 Å². The van der Waals surface area contributed by atoms with Gasteiger partial charge in [0, 0.05) is 18.2 Å². The van der Waals surface area contributed by atoms with Gasteiger partial charge in [-0.1, -0.05) is 12.1 Å². The topological polar surface area (TPSA) is 99.8 Å². The van der Waals surface area contributed by atoms with Gasteiger partial charge in [-0.3, -0.25) is 4.79 Å². The second kappa shape index (κ2) is 6.31. The van der Waals surface area contributed by atoms with Gasteiger partial charge < -0.3 is 15.7 Å². The molecule has 7 heteroatoms. The van der Waals surface area contributed by atoms with Crippen molar-refractivity contribution in [3.05, 3.63) is 53.7 Å². The molecule has 1 aromatic heterocycles. The number of pyridine rings is 1. The molecule has 28 heavy (non-hydrogen) atoms. The van der Waals surface area contributed by atoms with Crippen molar-refractivity contribution in [1.29, 1.82) is 0 Å². The number of rotatable bonds is 5. The number of urea groups is 1. The molecule has 146 valence electrons. The van der Waals surface area contributed by atoms with Gasteiger partial charge in [0.05, 0.1) is 12.3 Å². The minimum absolute atomic E-state index is 0.115. The lowest BCUT2D eigenvalue weighted by atomic mass is 9.96. The molecule has 0 unspecified atom stereocenters. The zero-order valence-corrected chi connectivity index (χ0v) is 16.1. The number of nitrogen functional groups attached to an aromatic ring is 1. The molecule has 1 aliphatic heterocycles. The summed E-state index contributed by atoms with van der Waals surface area (Å²) in [6.07, 6.45) is 3.51. The molecule has 2 fully saturated rings. The van der Waals surface area contributed by atoms with Crippen LogP contribution in [0.25, 0.3) is 0 Å². The number of aromatic nitrogens is 1. The van der Waals surface area contributed by atoms with Gasteiger partial charge in [-0.15, -0.1) is 0 Å². The zero-order valence-electron chi connectivity index (χ0n) is 16.1. The van der Waals surface area contributed by atoms with Crippen molar-refractivity contribution in [3.8, 4) is 0 Å². The Balaban J connectivity index is 1.61. The van der Waals surface area contributed by atoms with Crippen LogP contribution in [0.4, 0.5) is 16.3 Å². The van der Waals surface area contributed by atoms with Gasteiger partial charge in [0.2, 0.25) is 0 Å². The quantitative estimate of drug-likeness (QED) is 0.776. The summed E-state index contributed by atoms with van der Waals surface area (Å²) in [4.78, 5) is 32.9. The number of benzene rings is 1. The number of aliphatic hydroxyl groups is 1. The summed E-state index contributed by atoms with van der Waals surface area (Å²) in [7, 11) is 0. The van der Waals surface area contributed by atoms with E-state index in [2.05, 4.69) is 4.98 Å². The molecule has 0 radical (unpaired) electrons. The minimum atomic E-state index is -0.976. The number of hydrogen-bond acceptors (Lipinski definition) is 5. The molecule has 7 nitrogen and oxygen atoms in total. The lowest BCUT2D eigenvalue weighted by Gasteiger charge is -2.27. The molecular formula is C21H24N4O3. The van der Waals surface area contributed by atoms with Gasteiger partial charge in [0.15, 0.2) is 0 Å². The van der Waals surface area contributed by atoms with Crippen molar-refractivity contribution < 1.29 is 14.7 Å². The number of anilines is 2. The van der Waals surface area contributed by atoms with Gasteiger partial charge in [0.25, 0.3) is 5.91 Å². The van der Waals surface area contributed by atoms with Crippen molar-refractivity contribution >= 4 is 23.4 Å². The highest BCUT2D eigenvalue weighted by Gasteiger charge is 2.52. The summed E-state index contributed by atoms with van der Waals surface area (Å²) in [5.41, 5.74) is 7.01. The van der Waals surface area contributed by atoms with Crippen LogP contribution in [-0.4, -0.2) is 39.1 Å². The summed E-state index contributed by atoms with van der Waals surface area (Å²) in [5, 5.41) is 9.60. The van der Waals surface area contributed by atoms with E-state index >= 15 is 0 Å². The minimum Gasteiger partial charge on any atom is -0.395 e. The number of carbonyl (C=O) groups is 2. The Morgan fingerprint density at radius 2 is 1.82 bits per heavy atom. The summed E-state index contributed by atoms with van der Waals surface area (Å²) >= 11 is 0. The summed E-state index contributed by atoms with van der Waals surface area (Å²) < 4.78 is 0. The second-order valence-corrected chi connectivity index (χ2v) is 8.14. The Morgan fingerprint density at radius 1 is 1.14 bits per heavy atom. The van der Waals surface area contributed by atoms with Gasteiger partial charge in [-0.05, 0) is 62.1 Å². The number of nitrogens with zero attached hydrogens (tertiary/aromatic N) is 3. The highest BCUT2D eigenvalue weighted by Crippen LogP contribution is 2.48. The maximum absolute atomic E-state index is 13.1. The first-order valence-electron chi connectivity index (χ1n) is 9.36. The number of carbonyl (C=O) groups excluding carboxylic acids is 2. The van der Waals surface area contributed by atoms with E-state index in [9.17, 15) is 14.7 Å². The number of imide groups is 1. The second-order valence-electron chi connectivity index (χ2n) is 8.14. The van der Waals surface area contributed by atoms with Crippen LogP contribution in [-0.2, 0) is 16.8 Å². The molecule has 0 bridgehead atoms. The third kappa shape index (κ3) is 2.82. The Morgan fingerprint density at radius 3 is 2.39 bits per heavy atom. The maximum atomic E-state index is 13.1. The molecule has 0 spiro atoms. The number of aliphatic hydroxyl groups excluding tert-OH is 1. The summed E-state index contributed by atoms with van der Waals surface area (Å²) in [5.74, 6) is 0.106. The first-order valence-corrected chi connectivity index (χ1v) is 9.36. The fourth-order valence-corrected chi connectivity index (χ4v) is 3.76. The molecule has 4 rings (SSSR count). The van der Waals surface area contributed by atoms with Crippen LogP contribution in [0.3, 0.4) is 0 Å². The van der Waals surface area contributed by atoms with Crippen LogP contribution in [0.5, 0.6) is 0 Å². The lowest BCUT2D eigenvalue weighted by Crippen LogP contribution is -2.43. The predicted molar refractivity (Wildman–Crippen MR) is 106 cm³/mol. The van der Waals surface area contributed by atoms with Gasteiger partial charge in [-0.25, -0.2) is 14.7 Å². The van der Waals surface area contributed by atoms with E-state index in [1.807, 2.05) is 12.1 Å². The number of hydrogen-bond donors (Lipinski definition) is 2. The molecule has 2 aromatic rings. The molecule has 3 amide bonds. The van der Waals surface area contributed by atoms with E-state index in [0.29, 0.717) is 11.5 Å². The van der Waals surface area contributed by atoms with Crippen LogP contribution in [0.2, 0.25) is 0 Å². The largest absolute Gasteiger partial charge is 0.395 e. The highest BCUT2D eigenvalue weighted by atomic mass is 16.3. The predicted octanol–water partition coefficient (Wildman–Crippen LogP) is 2.44. The van der Waals surface area contributed by atoms with Crippen LogP contribution >= 0.6 is 0 Å². The third-order valence-electron chi connectivity index (χ3n) is 5.90. The van der Waals surface area contributed by atoms with E-state index in [4.69, 9.17) is 5.73 Å². The normalized spacial score (nSPS) is 20.0. The molecule has 2 aliphatic rings. The smallest absolute Gasteiger partial charge is 0.332 e. The Bertz CT molecular complexity index is 935. The summed E-state index contributed by atoms with van der Waals surface area (Å²) in [6.45, 7) is 3.88. The number of amides is 3. The molecular weight excluding hydrogens is 356 g/mol. The van der Waals surface area contributed by atoms with Crippen LogP contribution in [0, 0.1) is 0 Å². The Labute approximate surface area is 163 Å². The molecule has 3 N–H and O–H groups in total. The summed E-state index contributed by atoms with van der Waals surface area (Å²) in [6, 6.07) is 10.5. The molecule has 1 saturated heterocycles. The van der Waals surface area contributed by atoms with Gasteiger partial charge >= 0.3 is 6.03 Å². The van der Waals surface area contributed by atoms with Crippen molar-refractivity contribution in [2.24, 2.45) is 0 Å². The van der Waals surface area contributed by atoms with Crippen molar-refractivity contribution in [2.45, 2.75) is 44.2 Å². The molecule has 1 aromatic carbocycles. The monoisotopic (exact) mass is 380 g/mol. The first-order chi connectivity index (χ1) is 13.3. The molecule has 0 atom stereocenters. The average molecular weight is 380 g/mol. The Kier molecular flexibility index (Phi) is 4.15. The van der Waals surface area contributed by atoms with Crippen LogP contribution in [0.1, 0.15) is 37.8 Å². The van der Waals surface area contributed by atoms with E-state index < -0.39 is 5.54 Å². The van der Waals surface area contributed by atoms with Crippen molar-refractivity contribution in [1.82, 2.24) is 9.88 Å². The average Bonchev–Trinajstić information content (AvgIpc) is 3.45. The fourth-order valence-electron chi connectivity index (χ4n) is 3.76.